The first-order valence-corrected chi connectivity index (χ1v) is 6.92. The number of nitrogens with one attached hydrogen (secondary N) is 1. The lowest BCUT2D eigenvalue weighted by molar-refractivity contribution is 0.234. The summed E-state index contributed by atoms with van der Waals surface area (Å²) in [4.78, 5) is -0.392. The average Bonchev–Trinajstić information content (AvgIpc) is 2.90. The standard InChI is InChI=1S/C12H11F2NO3S/c13-12(14)19(16,17)11-3-1-10(2-4-11)15-7-9-5-6-18-8-9/h1-6,8,12,15H,7H2. The van der Waals surface area contributed by atoms with Crippen LogP contribution in [0.3, 0.4) is 0 Å². The Balaban J connectivity index is 2.07. The molecule has 0 radical (unpaired) electrons. The number of alkyl halides is 2. The first-order valence-electron chi connectivity index (χ1n) is 5.37. The zero-order chi connectivity index (χ0) is 13.9. The van der Waals surface area contributed by atoms with Gasteiger partial charge in [-0.05, 0) is 30.3 Å². The van der Waals surface area contributed by atoms with Gasteiger partial charge in [-0.3, -0.25) is 0 Å². The third kappa shape index (κ3) is 3.11. The quantitative estimate of drug-likeness (QED) is 0.918. The summed E-state index contributed by atoms with van der Waals surface area (Å²) in [5.74, 6) is -3.41. The third-order valence-corrected chi connectivity index (χ3v) is 3.89. The number of anilines is 1. The highest BCUT2D eigenvalue weighted by Crippen LogP contribution is 2.20. The predicted octanol–water partition coefficient (Wildman–Crippen LogP) is 2.89. The van der Waals surface area contributed by atoms with Crippen molar-refractivity contribution in [2.75, 3.05) is 5.32 Å². The molecule has 0 aliphatic rings. The highest BCUT2D eigenvalue weighted by atomic mass is 32.2. The summed E-state index contributed by atoms with van der Waals surface area (Å²) < 4.78 is 51.9. The molecule has 0 amide bonds. The van der Waals surface area contributed by atoms with Gasteiger partial charge in [0.25, 0.3) is 0 Å². The molecule has 1 heterocycles. The molecule has 0 fully saturated rings. The number of rotatable bonds is 5. The van der Waals surface area contributed by atoms with Crippen LogP contribution in [0.25, 0.3) is 0 Å². The molecule has 7 heteroatoms. The lowest BCUT2D eigenvalue weighted by Gasteiger charge is -2.06. The fourth-order valence-electron chi connectivity index (χ4n) is 1.46. The summed E-state index contributed by atoms with van der Waals surface area (Å²) in [6.07, 6.45) is 3.11. The Morgan fingerprint density at radius 2 is 1.84 bits per heavy atom. The van der Waals surface area contributed by atoms with Gasteiger partial charge in [0.2, 0.25) is 9.84 Å². The van der Waals surface area contributed by atoms with E-state index in [0.717, 1.165) is 17.7 Å². The van der Waals surface area contributed by atoms with Crippen LogP contribution in [-0.4, -0.2) is 14.2 Å². The van der Waals surface area contributed by atoms with E-state index in [2.05, 4.69) is 5.32 Å². The van der Waals surface area contributed by atoms with Gasteiger partial charge in [0, 0.05) is 17.8 Å². The van der Waals surface area contributed by atoms with E-state index in [9.17, 15) is 17.2 Å². The molecule has 2 aromatic rings. The van der Waals surface area contributed by atoms with E-state index in [0.29, 0.717) is 12.2 Å². The zero-order valence-electron chi connectivity index (χ0n) is 9.71. The van der Waals surface area contributed by atoms with Gasteiger partial charge in [0.05, 0.1) is 17.4 Å². The SMILES string of the molecule is O=S(=O)(c1ccc(NCc2ccoc2)cc1)C(F)F. The summed E-state index contributed by atoms with van der Waals surface area (Å²) in [6, 6.07) is 6.96. The molecule has 0 saturated heterocycles. The Bertz CT molecular complexity index is 622. The normalized spacial score (nSPS) is 11.7. The minimum absolute atomic E-state index is 0.392. The van der Waals surface area contributed by atoms with Crippen molar-refractivity contribution in [3.63, 3.8) is 0 Å². The Morgan fingerprint density at radius 1 is 1.16 bits per heavy atom. The summed E-state index contributed by atoms with van der Waals surface area (Å²) in [6.45, 7) is 0.497. The molecular formula is C12H11F2NO3S. The van der Waals surface area contributed by atoms with E-state index in [-0.39, 0.29) is 0 Å². The van der Waals surface area contributed by atoms with Crippen LogP contribution in [0.5, 0.6) is 0 Å². The largest absolute Gasteiger partial charge is 0.472 e. The lowest BCUT2D eigenvalue weighted by Crippen LogP contribution is -2.11. The maximum absolute atomic E-state index is 12.3. The van der Waals surface area contributed by atoms with Gasteiger partial charge in [-0.25, -0.2) is 8.42 Å². The van der Waals surface area contributed by atoms with Crippen LogP contribution in [0.15, 0.2) is 52.2 Å². The van der Waals surface area contributed by atoms with Crippen LogP contribution < -0.4 is 5.32 Å². The Morgan fingerprint density at radius 3 is 2.37 bits per heavy atom. The molecule has 0 saturated carbocycles. The van der Waals surface area contributed by atoms with Gasteiger partial charge < -0.3 is 9.73 Å². The van der Waals surface area contributed by atoms with Gasteiger partial charge >= 0.3 is 5.76 Å². The Kier molecular flexibility index (Phi) is 3.84. The maximum Gasteiger partial charge on any atom is 0.341 e. The number of hydrogen-bond acceptors (Lipinski definition) is 4. The zero-order valence-corrected chi connectivity index (χ0v) is 10.5. The average molecular weight is 287 g/mol. The summed E-state index contributed by atoms with van der Waals surface area (Å²) in [5.41, 5.74) is 1.55. The van der Waals surface area contributed by atoms with Crippen molar-refractivity contribution < 1.29 is 21.6 Å². The Hall–Kier alpha value is -1.89. The first-order chi connectivity index (χ1) is 9.00. The molecule has 1 aromatic carbocycles. The molecule has 1 N–H and O–H groups in total. The van der Waals surface area contributed by atoms with Crippen molar-refractivity contribution >= 4 is 15.5 Å². The highest BCUT2D eigenvalue weighted by Gasteiger charge is 2.26. The summed E-state index contributed by atoms with van der Waals surface area (Å²) in [5, 5.41) is 3.01. The molecule has 0 spiro atoms. The van der Waals surface area contributed by atoms with E-state index in [1.165, 1.54) is 18.4 Å². The monoisotopic (exact) mass is 287 g/mol. The van der Waals surface area contributed by atoms with Crippen molar-refractivity contribution in [1.29, 1.82) is 0 Å². The fourth-order valence-corrected chi connectivity index (χ4v) is 2.18. The van der Waals surface area contributed by atoms with E-state index in [1.807, 2.05) is 0 Å². The van der Waals surface area contributed by atoms with Gasteiger partial charge in [-0.2, -0.15) is 8.78 Å². The molecule has 1 aromatic heterocycles. The second-order valence-electron chi connectivity index (χ2n) is 3.82. The number of sulfone groups is 1. The van der Waals surface area contributed by atoms with Crippen molar-refractivity contribution in [3.8, 4) is 0 Å². The van der Waals surface area contributed by atoms with E-state index < -0.39 is 20.5 Å². The van der Waals surface area contributed by atoms with Gasteiger partial charge in [-0.15, -0.1) is 0 Å². The number of halogens is 2. The van der Waals surface area contributed by atoms with Crippen LogP contribution in [0.1, 0.15) is 5.56 Å². The topological polar surface area (TPSA) is 59.3 Å². The molecule has 19 heavy (non-hydrogen) atoms. The molecule has 0 bridgehead atoms. The minimum Gasteiger partial charge on any atom is -0.472 e. The van der Waals surface area contributed by atoms with Crippen LogP contribution >= 0.6 is 0 Å². The number of furan rings is 1. The summed E-state index contributed by atoms with van der Waals surface area (Å²) in [7, 11) is -4.53. The second-order valence-corrected chi connectivity index (χ2v) is 5.73. The fraction of sp³-hybridized carbons (Fsp3) is 0.167. The third-order valence-electron chi connectivity index (χ3n) is 2.49. The van der Waals surface area contributed by atoms with E-state index >= 15 is 0 Å². The lowest BCUT2D eigenvalue weighted by atomic mass is 10.3. The van der Waals surface area contributed by atoms with E-state index in [1.54, 1.807) is 12.3 Å². The number of hydrogen-bond donors (Lipinski definition) is 1. The summed E-state index contributed by atoms with van der Waals surface area (Å²) >= 11 is 0. The molecule has 2 rings (SSSR count). The first kappa shape index (κ1) is 13.5. The maximum atomic E-state index is 12.3. The van der Waals surface area contributed by atoms with Crippen molar-refractivity contribution in [2.24, 2.45) is 0 Å². The van der Waals surface area contributed by atoms with Crippen LogP contribution in [0.4, 0.5) is 14.5 Å². The smallest absolute Gasteiger partial charge is 0.341 e. The van der Waals surface area contributed by atoms with Gasteiger partial charge in [-0.1, -0.05) is 0 Å². The molecule has 102 valence electrons. The molecule has 0 aliphatic heterocycles. The number of benzene rings is 1. The van der Waals surface area contributed by atoms with Crippen LogP contribution in [0.2, 0.25) is 0 Å². The molecule has 0 unspecified atom stereocenters. The van der Waals surface area contributed by atoms with Crippen molar-refractivity contribution in [2.45, 2.75) is 17.2 Å². The molecule has 4 nitrogen and oxygen atoms in total. The van der Waals surface area contributed by atoms with Crippen molar-refractivity contribution in [1.82, 2.24) is 0 Å². The van der Waals surface area contributed by atoms with Crippen molar-refractivity contribution in [3.05, 3.63) is 48.4 Å². The molecule has 0 aliphatic carbocycles. The molecule has 0 atom stereocenters. The van der Waals surface area contributed by atoms with Gasteiger partial charge in [0.1, 0.15) is 0 Å². The predicted molar refractivity (Wildman–Crippen MR) is 65.7 cm³/mol. The Labute approximate surface area is 109 Å². The van der Waals surface area contributed by atoms with Crippen LogP contribution in [-0.2, 0) is 16.4 Å². The highest BCUT2D eigenvalue weighted by molar-refractivity contribution is 7.91. The van der Waals surface area contributed by atoms with E-state index in [4.69, 9.17) is 4.42 Å². The minimum atomic E-state index is -4.53. The van der Waals surface area contributed by atoms with Gasteiger partial charge in [0.15, 0.2) is 0 Å². The van der Waals surface area contributed by atoms with Crippen LogP contribution in [0, 0.1) is 0 Å². The second kappa shape index (κ2) is 5.40. The molecular weight excluding hydrogens is 276 g/mol.